The summed E-state index contributed by atoms with van der Waals surface area (Å²) < 4.78 is 5.30. The summed E-state index contributed by atoms with van der Waals surface area (Å²) in [5, 5.41) is 9.28. The van der Waals surface area contributed by atoms with Gasteiger partial charge in [0.2, 0.25) is 0 Å². The van der Waals surface area contributed by atoms with Crippen molar-refractivity contribution in [3.8, 4) is 5.75 Å². The number of benzene rings is 2. The largest absolute Gasteiger partial charge is 0.497 e. The Balaban J connectivity index is 1.73. The Bertz CT molecular complexity index is 734. The smallest absolute Gasteiger partial charge is 0.307 e. The molecule has 1 fully saturated rings. The molecule has 25 heavy (non-hydrogen) atoms. The van der Waals surface area contributed by atoms with Gasteiger partial charge in [-0.3, -0.25) is 9.69 Å². The number of rotatable bonds is 6. The second-order valence-electron chi connectivity index (χ2n) is 6.30. The second-order valence-corrected chi connectivity index (χ2v) is 7.42. The Hall–Kier alpha value is -1.98. The van der Waals surface area contributed by atoms with E-state index >= 15 is 0 Å². The molecule has 4 nitrogen and oxygen atoms in total. The predicted molar refractivity (Wildman–Crippen MR) is 99.2 cm³/mol. The van der Waals surface area contributed by atoms with E-state index < -0.39 is 5.97 Å². The summed E-state index contributed by atoms with van der Waals surface area (Å²) in [6.07, 6.45) is 1.73. The molecule has 0 saturated carbocycles. The molecule has 5 heteroatoms. The molecule has 1 heterocycles. The van der Waals surface area contributed by atoms with Gasteiger partial charge < -0.3 is 9.84 Å². The standard InChI is InChI=1S/C20H23NO3S/c1-24-17-8-4-9-18(12-17)25-19-10-3-2-6-15(19)13-21-11-5-7-16(14-21)20(22)23/h2-4,6,8-10,12,16H,5,7,11,13-14H2,1H3,(H,22,23). The molecule has 1 saturated heterocycles. The van der Waals surface area contributed by atoms with Gasteiger partial charge in [-0.25, -0.2) is 0 Å². The quantitative estimate of drug-likeness (QED) is 0.842. The summed E-state index contributed by atoms with van der Waals surface area (Å²) >= 11 is 1.72. The minimum atomic E-state index is -0.677. The van der Waals surface area contributed by atoms with Crippen LogP contribution in [0.5, 0.6) is 5.75 Å². The highest BCUT2D eigenvalue weighted by Gasteiger charge is 2.25. The Morgan fingerprint density at radius 3 is 2.92 bits per heavy atom. The van der Waals surface area contributed by atoms with Gasteiger partial charge in [0.1, 0.15) is 5.75 Å². The third-order valence-corrected chi connectivity index (χ3v) is 5.60. The number of aliphatic carboxylic acids is 1. The fraction of sp³-hybridized carbons (Fsp3) is 0.350. The minimum Gasteiger partial charge on any atom is -0.497 e. The maximum atomic E-state index is 11.3. The van der Waals surface area contributed by atoms with Crippen molar-refractivity contribution in [3.63, 3.8) is 0 Å². The van der Waals surface area contributed by atoms with Crippen molar-refractivity contribution in [2.24, 2.45) is 5.92 Å². The number of nitrogens with zero attached hydrogens (tertiary/aromatic N) is 1. The van der Waals surface area contributed by atoms with Crippen LogP contribution in [0, 0.1) is 5.92 Å². The molecule has 0 bridgehead atoms. The first-order chi connectivity index (χ1) is 12.2. The van der Waals surface area contributed by atoms with Gasteiger partial charge in [-0.1, -0.05) is 36.0 Å². The van der Waals surface area contributed by atoms with Crippen LogP contribution in [0.15, 0.2) is 58.3 Å². The maximum absolute atomic E-state index is 11.3. The van der Waals surface area contributed by atoms with E-state index in [9.17, 15) is 9.90 Å². The molecule has 0 amide bonds. The lowest BCUT2D eigenvalue weighted by molar-refractivity contribution is -0.143. The van der Waals surface area contributed by atoms with E-state index in [-0.39, 0.29) is 5.92 Å². The lowest BCUT2D eigenvalue weighted by atomic mass is 9.98. The summed E-state index contributed by atoms with van der Waals surface area (Å²) in [6.45, 7) is 2.38. The van der Waals surface area contributed by atoms with Gasteiger partial charge in [0, 0.05) is 22.9 Å². The van der Waals surface area contributed by atoms with Crippen molar-refractivity contribution in [1.29, 1.82) is 0 Å². The topological polar surface area (TPSA) is 49.8 Å². The lowest BCUT2D eigenvalue weighted by Gasteiger charge is -2.31. The molecule has 0 aliphatic carbocycles. The highest BCUT2D eigenvalue weighted by molar-refractivity contribution is 7.99. The van der Waals surface area contributed by atoms with Gasteiger partial charge in [0.05, 0.1) is 13.0 Å². The van der Waals surface area contributed by atoms with Crippen molar-refractivity contribution in [2.45, 2.75) is 29.2 Å². The van der Waals surface area contributed by atoms with Crippen LogP contribution < -0.4 is 4.74 Å². The van der Waals surface area contributed by atoms with Crippen LogP contribution in [0.2, 0.25) is 0 Å². The van der Waals surface area contributed by atoms with Crippen molar-refractivity contribution in [1.82, 2.24) is 4.90 Å². The van der Waals surface area contributed by atoms with E-state index in [4.69, 9.17) is 4.74 Å². The zero-order valence-electron chi connectivity index (χ0n) is 14.4. The van der Waals surface area contributed by atoms with Gasteiger partial charge in [-0.15, -0.1) is 0 Å². The minimum absolute atomic E-state index is 0.244. The van der Waals surface area contributed by atoms with Gasteiger partial charge >= 0.3 is 5.97 Å². The fourth-order valence-electron chi connectivity index (χ4n) is 3.17. The number of piperidine rings is 1. The summed E-state index contributed by atoms with van der Waals surface area (Å²) in [6, 6.07) is 16.4. The zero-order valence-corrected chi connectivity index (χ0v) is 15.2. The number of carboxylic acids is 1. The molecular weight excluding hydrogens is 334 g/mol. The summed E-state index contributed by atoms with van der Waals surface area (Å²) in [5.41, 5.74) is 1.24. The van der Waals surface area contributed by atoms with Gasteiger partial charge in [0.15, 0.2) is 0 Å². The molecule has 0 radical (unpaired) electrons. The normalized spacial score (nSPS) is 18.0. The molecule has 1 atom stereocenters. The number of hydrogen-bond donors (Lipinski definition) is 1. The molecule has 0 aromatic heterocycles. The average molecular weight is 357 g/mol. The Labute approximate surface area is 152 Å². The van der Waals surface area contributed by atoms with Crippen molar-refractivity contribution >= 4 is 17.7 Å². The zero-order chi connectivity index (χ0) is 17.6. The first-order valence-electron chi connectivity index (χ1n) is 8.50. The van der Waals surface area contributed by atoms with Crippen LogP contribution in [0.25, 0.3) is 0 Å². The monoisotopic (exact) mass is 357 g/mol. The van der Waals surface area contributed by atoms with Crippen LogP contribution in [0.3, 0.4) is 0 Å². The van der Waals surface area contributed by atoms with Crippen molar-refractivity contribution in [3.05, 3.63) is 54.1 Å². The van der Waals surface area contributed by atoms with E-state index in [0.717, 1.165) is 36.6 Å². The van der Waals surface area contributed by atoms with E-state index in [1.165, 1.54) is 10.5 Å². The van der Waals surface area contributed by atoms with Crippen LogP contribution in [0.1, 0.15) is 18.4 Å². The lowest BCUT2D eigenvalue weighted by Crippen LogP contribution is -2.38. The molecule has 1 aliphatic rings. The van der Waals surface area contributed by atoms with E-state index in [2.05, 4.69) is 23.1 Å². The Kier molecular flexibility index (Phi) is 6.00. The van der Waals surface area contributed by atoms with Gasteiger partial charge in [0.25, 0.3) is 0 Å². The number of carboxylic acid groups (broad SMARTS) is 1. The third-order valence-electron chi connectivity index (χ3n) is 4.49. The molecule has 132 valence electrons. The first kappa shape index (κ1) is 17.8. The second kappa shape index (κ2) is 8.41. The van der Waals surface area contributed by atoms with Crippen LogP contribution >= 0.6 is 11.8 Å². The van der Waals surface area contributed by atoms with Crippen molar-refractivity contribution in [2.75, 3.05) is 20.2 Å². The molecule has 3 rings (SSSR count). The molecular formula is C20H23NO3S. The van der Waals surface area contributed by atoms with Crippen LogP contribution in [0.4, 0.5) is 0 Å². The summed E-state index contributed by atoms with van der Waals surface area (Å²) in [4.78, 5) is 15.9. The van der Waals surface area contributed by atoms with E-state index in [0.29, 0.717) is 6.54 Å². The predicted octanol–water partition coefficient (Wildman–Crippen LogP) is 4.14. The van der Waals surface area contributed by atoms with Gasteiger partial charge in [-0.05, 0) is 49.2 Å². The third kappa shape index (κ3) is 4.77. The van der Waals surface area contributed by atoms with E-state index in [1.807, 2.05) is 30.3 Å². The number of ether oxygens (including phenoxy) is 1. The molecule has 1 unspecified atom stereocenters. The highest BCUT2D eigenvalue weighted by Crippen LogP contribution is 2.33. The molecule has 1 aliphatic heterocycles. The molecule has 2 aromatic rings. The summed E-state index contributed by atoms with van der Waals surface area (Å²) in [5.74, 6) is -0.0708. The number of carbonyl (C=O) groups is 1. The van der Waals surface area contributed by atoms with Crippen molar-refractivity contribution < 1.29 is 14.6 Å². The fourth-order valence-corrected chi connectivity index (χ4v) is 4.15. The highest BCUT2D eigenvalue weighted by atomic mass is 32.2. The van der Waals surface area contributed by atoms with Crippen LogP contribution in [-0.2, 0) is 11.3 Å². The van der Waals surface area contributed by atoms with Crippen LogP contribution in [-0.4, -0.2) is 36.2 Å². The Morgan fingerprint density at radius 2 is 2.12 bits per heavy atom. The molecule has 1 N–H and O–H groups in total. The molecule has 2 aromatic carbocycles. The maximum Gasteiger partial charge on any atom is 0.307 e. The van der Waals surface area contributed by atoms with E-state index in [1.54, 1.807) is 18.9 Å². The Morgan fingerprint density at radius 1 is 1.28 bits per heavy atom. The molecule has 0 spiro atoms. The number of likely N-dealkylation sites (tertiary alicyclic amines) is 1. The summed E-state index contributed by atoms with van der Waals surface area (Å²) in [7, 11) is 1.67. The average Bonchev–Trinajstić information content (AvgIpc) is 2.64. The first-order valence-corrected chi connectivity index (χ1v) is 9.32. The number of hydrogen-bond acceptors (Lipinski definition) is 4. The van der Waals surface area contributed by atoms with Gasteiger partial charge in [-0.2, -0.15) is 0 Å². The SMILES string of the molecule is COc1cccc(Sc2ccccc2CN2CCCC(C(=O)O)C2)c1. The number of methoxy groups -OCH3 is 1.